The summed E-state index contributed by atoms with van der Waals surface area (Å²) in [5.41, 5.74) is 0.472. The van der Waals surface area contributed by atoms with Crippen LogP contribution in [-0.4, -0.2) is 61.1 Å². The van der Waals surface area contributed by atoms with E-state index in [1.165, 1.54) is 19.2 Å². The smallest absolute Gasteiger partial charge is 0.411 e. The number of hydrogen-bond donors (Lipinski definition) is 1. The van der Waals surface area contributed by atoms with E-state index in [4.69, 9.17) is 0 Å². The minimum atomic E-state index is -3.60. The van der Waals surface area contributed by atoms with Gasteiger partial charge in [0.15, 0.2) is 0 Å². The third-order valence-electron chi connectivity index (χ3n) is 5.07. The molecule has 3 aliphatic rings. The molecule has 3 fully saturated rings. The molecule has 0 saturated carbocycles. The van der Waals surface area contributed by atoms with Crippen LogP contribution in [0, 0.1) is 6.92 Å². The third kappa shape index (κ3) is 3.29. The molecule has 10 heteroatoms. The number of rotatable bonds is 4. The summed E-state index contributed by atoms with van der Waals surface area (Å²) >= 11 is 0. The summed E-state index contributed by atoms with van der Waals surface area (Å²) in [6, 6.07) is 7.80. The Balaban J connectivity index is 1.48. The molecule has 0 spiro atoms. The number of carbonyl (C=O) groups is 1. The lowest BCUT2D eigenvalue weighted by Crippen LogP contribution is -2.70. The Labute approximate surface area is 163 Å². The molecule has 1 aromatic carbocycles. The molecule has 3 aliphatic heterocycles. The van der Waals surface area contributed by atoms with Crippen LogP contribution in [0.1, 0.15) is 12.2 Å². The summed E-state index contributed by atoms with van der Waals surface area (Å²) in [6.45, 7) is 3.05. The average molecular weight is 403 g/mol. The topological polar surface area (TPSA) is 105 Å². The number of methoxy groups -OCH3 is 1. The quantitative estimate of drug-likeness (QED) is 0.827. The molecule has 9 nitrogen and oxygen atoms in total. The maximum Gasteiger partial charge on any atom is 0.411 e. The largest absolute Gasteiger partial charge is 0.453 e. The van der Waals surface area contributed by atoms with E-state index in [9.17, 15) is 13.2 Å². The van der Waals surface area contributed by atoms with Gasteiger partial charge in [-0.25, -0.2) is 23.2 Å². The Bertz CT molecular complexity index is 983. The lowest BCUT2D eigenvalue weighted by molar-refractivity contribution is 0.0874. The number of ether oxygens (including phenoxy) is 1. The Morgan fingerprint density at radius 1 is 1.18 bits per heavy atom. The van der Waals surface area contributed by atoms with Gasteiger partial charge in [0, 0.05) is 37.1 Å². The van der Waals surface area contributed by atoms with E-state index in [2.05, 4.69) is 24.9 Å². The van der Waals surface area contributed by atoms with Gasteiger partial charge in [-0.2, -0.15) is 4.31 Å². The van der Waals surface area contributed by atoms with E-state index in [1.807, 2.05) is 13.0 Å². The van der Waals surface area contributed by atoms with Crippen molar-refractivity contribution >= 4 is 27.6 Å². The van der Waals surface area contributed by atoms with Gasteiger partial charge in [-0.05, 0) is 43.7 Å². The van der Waals surface area contributed by atoms with E-state index in [-0.39, 0.29) is 17.0 Å². The highest BCUT2D eigenvalue weighted by molar-refractivity contribution is 7.89. The number of hydrogen-bond acceptors (Lipinski definition) is 7. The number of aryl methyl sites for hydroxylation is 1. The molecule has 3 saturated heterocycles. The van der Waals surface area contributed by atoms with Crippen LogP contribution in [0.4, 0.5) is 16.3 Å². The Morgan fingerprint density at radius 3 is 2.46 bits per heavy atom. The van der Waals surface area contributed by atoms with Gasteiger partial charge in [-0.3, -0.25) is 5.32 Å². The summed E-state index contributed by atoms with van der Waals surface area (Å²) in [4.78, 5) is 22.1. The van der Waals surface area contributed by atoms with Crippen molar-refractivity contribution in [2.75, 3.05) is 30.4 Å². The average Bonchev–Trinajstić information content (AvgIpc) is 2.68. The van der Waals surface area contributed by atoms with E-state index in [1.54, 1.807) is 22.6 Å². The van der Waals surface area contributed by atoms with E-state index in [0.29, 0.717) is 24.6 Å². The van der Waals surface area contributed by atoms with Gasteiger partial charge in [-0.1, -0.05) is 0 Å². The first-order valence-electron chi connectivity index (χ1n) is 8.91. The fraction of sp³-hybridized carbons (Fsp3) is 0.389. The highest BCUT2D eigenvalue weighted by Crippen LogP contribution is 2.38. The number of anilines is 2. The van der Waals surface area contributed by atoms with Gasteiger partial charge < -0.3 is 9.64 Å². The van der Waals surface area contributed by atoms with Crippen molar-refractivity contribution < 1.29 is 17.9 Å². The molecule has 1 aromatic heterocycles. The molecular weight excluding hydrogens is 382 g/mol. The lowest BCUT2D eigenvalue weighted by Gasteiger charge is -2.55. The molecule has 2 unspecified atom stereocenters. The zero-order valence-corrected chi connectivity index (χ0v) is 16.4. The Kier molecular flexibility index (Phi) is 4.68. The molecule has 4 heterocycles. The van der Waals surface area contributed by atoms with E-state index < -0.39 is 16.1 Å². The molecule has 1 amide bonds. The highest BCUT2D eigenvalue weighted by Gasteiger charge is 2.51. The zero-order chi connectivity index (χ0) is 19.9. The van der Waals surface area contributed by atoms with Crippen LogP contribution in [0.25, 0.3) is 0 Å². The van der Waals surface area contributed by atoms with Crippen molar-refractivity contribution in [3.8, 4) is 0 Å². The van der Waals surface area contributed by atoms with Crippen LogP contribution in [0.3, 0.4) is 0 Å². The van der Waals surface area contributed by atoms with Gasteiger partial charge in [-0.15, -0.1) is 0 Å². The second-order valence-electron chi connectivity index (χ2n) is 6.89. The Hall–Kier alpha value is -2.72. The summed E-state index contributed by atoms with van der Waals surface area (Å²) in [7, 11) is -2.33. The predicted molar refractivity (Wildman–Crippen MR) is 103 cm³/mol. The molecule has 2 bridgehead atoms. The summed E-state index contributed by atoms with van der Waals surface area (Å²) in [5, 5.41) is 2.51. The second-order valence-corrected chi connectivity index (χ2v) is 8.73. The number of aromatic nitrogens is 2. The van der Waals surface area contributed by atoms with Gasteiger partial charge in [0.25, 0.3) is 0 Å². The van der Waals surface area contributed by atoms with Gasteiger partial charge in [0.1, 0.15) is 11.6 Å². The van der Waals surface area contributed by atoms with Gasteiger partial charge in [0.2, 0.25) is 10.0 Å². The highest BCUT2D eigenvalue weighted by atomic mass is 32.2. The first-order chi connectivity index (χ1) is 13.4. The fourth-order valence-corrected chi connectivity index (χ4v) is 5.59. The molecule has 28 heavy (non-hydrogen) atoms. The first kappa shape index (κ1) is 18.6. The third-order valence-corrected chi connectivity index (χ3v) is 7.09. The molecule has 0 aliphatic carbocycles. The number of nitrogens with zero attached hydrogens (tertiary/aromatic N) is 4. The molecule has 5 rings (SSSR count). The van der Waals surface area contributed by atoms with Crippen molar-refractivity contribution in [3.05, 3.63) is 42.4 Å². The number of sulfonamides is 1. The molecular formula is C18H21N5O4S. The first-order valence-corrected chi connectivity index (χ1v) is 10.4. The number of piperazine rings is 1. The summed E-state index contributed by atoms with van der Waals surface area (Å²) < 4.78 is 32.3. The zero-order valence-electron chi connectivity index (χ0n) is 15.6. The van der Waals surface area contributed by atoms with Crippen LogP contribution in [-0.2, 0) is 14.8 Å². The lowest BCUT2D eigenvalue weighted by atomic mass is 9.91. The number of nitrogens with one attached hydrogen (secondary N) is 1. The van der Waals surface area contributed by atoms with Crippen LogP contribution in [0.2, 0.25) is 0 Å². The number of piperidine rings is 1. The van der Waals surface area contributed by atoms with E-state index in [0.717, 1.165) is 12.2 Å². The van der Waals surface area contributed by atoms with Crippen molar-refractivity contribution in [1.29, 1.82) is 0 Å². The minimum Gasteiger partial charge on any atom is -0.453 e. The van der Waals surface area contributed by atoms with Crippen LogP contribution < -0.4 is 10.2 Å². The minimum absolute atomic E-state index is 0.0770. The SMILES string of the molecule is COC(=O)Nc1ccc(S(=O)(=O)N2C3CC2CN(c2ccnc(C)n2)C3)cc1. The molecule has 2 atom stereocenters. The van der Waals surface area contributed by atoms with Crippen LogP contribution >= 0.6 is 0 Å². The normalized spacial score (nSPS) is 21.7. The fourth-order valence-electron chi connectivity index (χ4n) is 3.78. The summed E-state index contributed by atoms with van der Waals surface area (Å²) in [5.74, 6) is 1.53. The van der Waals surface area contributed by atoms with Crippen LogP contribution in [0.5, 0.6) is 0 Å². The van der Waals surface area contributed by atoms with E-state index >= 15 is 0 Å². The number of benzene rings is 1. The van der Waals surface area contributed by atoms with Gasteiger partial charge in [0.05, 0.1) is 12.0 Å². The van der Waals surface area contributed by atoms with Crippen molar-refractivity contribution in [2.45, 2.75) is 30.3 Å². The van der Waals surface area contributed by atoms with Crippen molar-refractivity contribution in [2.24, 2.45) is 0 Å². The maximum atomic E-state index is 13.1. The summed E-state index contributed by atoms with van der Waals surface area (Å²) in [6.07, 6.45) is 1.96. The Morgan fingerprint density at radius 2 is 1.86 bits per heavy atom. The predicted octanol–water partition coefficient (Wildman–Crippen LogP) is 1.62. The molecule has 0 radical (unpaired) electrons. The van der Waals surface area contributed by atoms with Gasteiger partial charge >= 0.3 is 6.09 Å². The van der Waals surface area contributed by atoms with Crippen LogP contribution in [0.15, 0.2) is 41.4 Å². The maximum absolute atomic E-state index is 13.1. The molecule has 1 N–H and O–H groups in total. The molecule has 2 aromatic rings. The second kappa shape index (κ2) is 7.02. The number of amides is 1. The van der Waals surface area contributed by atoms with Crippen molar-refractivity contribution in [3.63, 3.8) is 0 Å². The van der Waals surface area contributed by atoms with Crippen molar-refractivity contribution in [1.82, 2.24) is 14.3 Å². The number of carbonyl (C=O) groups excluding carboxylic acids is 1. The molecule has 148 valence electrons. The number of fused-ring (bicyclic) bond motifs is 2. The standard InChI is InChI=1S/C18H21N5O4S/c1-12-19-8-7-17(20-12)22-10-14-9-15(11-22)23(14)28(25,26)16-5-3-13(4-6-16)21-18(24)27-2/h3-8,14-15H,9-11H2,1-2H3,(H,21,24). The monoisotopic (exact) mass is 403 g/mol.